The zero-order chi connectivity index (χ0) is 13.3. The molecule has 1 aromatic rings. The minimum absolute atomic E-state index is 0.00495. The monoisotopic (exact) mass is 264 g/mol. The molecule has 1 unspecified atom stereocenters. The van der Waals surface area contributed by atoms with Gasteiger partial charge in [0.1, 0.15) is 0 Å². The molecule has 3 rings (SSSR count). The molecule has 2 heterocycles. The van der Waals surface area contributed by atoms with Crippen LogP contribution in [0.1, 0.15) is 50.8 Å². The van der Waals surface area contributed by atoms with Crippen molar-refractivity contribution >= 4 is 11.9 Å². The number of amides is 1. The lowest BCUT2D eigenvalue weighted by Gasteiger charge is -2.25. The standard InChI is InChI=1S/C13H20N4O2/c1-2-5-13(6-7-14-8-13)11(18)15-12-17-16-10(19-12)9-3-4-9/h9,14H,2-8H2,1H3,(H,15,17,18). The summed E-state index contributed by atoms with van der Waals surface area (Å²) in [5, 5.41) is 14.0. The average Bonchev–Trinajstić information content (AvgIpc) is 2.96. The Labute approximate surface area is 112 Å². The van der Waals surface area contributed by atoms with Crippen LogP contribution in [0.4, 0.5) is 6.01 Å². The minimum atomic E-state index is -0.317. The number of hydrogen-bond donors (Lipinski definition) is 2. The highest BCUT2D eigenvalue weighted by Crippen LogP contribution is 2.39. The first-order valence-corrected chi connectivity index (χ1v) is 7.09. The molecule has 0 bridgehead atoms. The highest BCUT2D eigenvalue weighted by Gasteiger charge is 2.41. The summed E-state index contributed by atoms with van der Waals surface area (Å²) in [4.78, 5) is 12.4. The molecule has 1 saturated heterocycles. The highest BCUT2D eigenvalue weighted by atomic mass is 16.4. The van der Waals surface area contributed by atoms with Crippen molar-refractivity contribution in [1.82, 2.24) is 15.5 Å². The number of carbonyl (C=O) groups excluding carboxylic acids is 1. The van der Waals surface area contributed by atoms with Gasteiger partial charge in [-0.3, -0.25) is 10.1 Å². The second-order valence-corrected chi connectivity index (χ2v) is 5.63. The fraction of sp³-hybridized carbons (Fsp3) is 0.769. The van der Waals surface area contributed by atoms with E-state index in [1.807, 2.05) is 0 Å². The number of nitrogens with one attached hydrogen (secondary N) is 2. The number of rotatable bonds is 5. The fourth-order valence-corrected chi connectivity index (χ4v) is 2.75. The molecule has 6 nitrogen and oxygen atoms in total. The summed E-state index contributed by atoms with van der Waals surface area (Å²) in [6.45, 7) is 3.73. The second kappa shape index (κ2) is 4.92. The van der Waals surface area contributed by atoms with Crippen LogP contribution in [0.5, 0.6) is 0 Å². The molecular formula is C13H20N4O2. The van der Waals surface area contributed by atoms with Crippen molar-refractivity contribution in [3.05, 3.63) is 5.89 Å². The van der Waals surface area contributed by atoms with E-state index in [2.05, 4.69) is 27.8 Å². The van der Waals surface area contributed by atoms with Crippen molar-refractivity contribution in [2.24, 2.45) is 5.41 Å². The van der Waals surface area contributed by atoms with E-state index >= 15 is 0 Å². The predicted molar refractivity (Wildman–Crippen MR) is 69.7 cm³/mol. The Balaban J connectivity index is 1.68. The topological polar surface area (TPSA) is 80.1 Å². The summed E-state index contributed by atoms with van der Waals surface area (Å²) >= 11 is 0. The Bertz CT molecular complexity index is 461. The fourth-order valence-electron chi connectivity index (χ4n) is 2.75. The van der Waals surface area contributed by atoms with Crippen molar-refractivity contribution in [1.29, 1.82) is 0 Å². The summed E-state index contributed by atoms with van der Waals surface area (Å²) in [7, 11) is 0. The quantitative estimate of drug-likeness (QED) is 0.845. The number of hydrogen-bond acceptors (Lipinski definition) is 5. The molecule has 1 atom stereocenters. The van der Waals surface area contributed by atoms with Gasteiger partial charge in [-0.15, -0.1) is 5.10 Å². The summed E-state index contributed by atoms with van der Waals surface area (Å²) in [5.74, 6) is 1.07. The van der Waals surface area contributed by atoms with Gasteiger partial charge in [-0.1, -0.05) is 18.4 Å². The lowest BCUT2D eigenvalue weighted by atomic mass is 9.81. The van der Waals surface area contributed by atoms with Crippen molar-refractivity contribution in [3.8, 4) is 0 Å². The highest BCUT2D eigenvalue weighted by molar-refractivity contribution is 5.94. The van der Waals surface area contributed by atoms with E-state index in [1.54, 1.807) is 0 Å². The third kappa shape index (κ3) is 2.49. The van der Waals surface area contributed by atoms with E-state index in [0.717, 1.165) is 45.2 Å². The van der Waals surface area contributed by atoms with Gasteiger partial charge in [0.15, 0.2) is 0 Å². The third-order valence-electron chi connectivity index (χ3n) is 4.04. The van der Waals surface area contributed by atoms with E-state index in [-0.39, 0.29) is 17.3 Å². The molecule has 2 aliphatic rings. The van der Waals surface area contributed by atoms with Crippen molar-refractivity contribution in [3.63, 3.8) is 0 Å². The van der Waals surface area contributed by atoms with Gasteiger partial charge >= 0.3 is 6.01 Å². The van der Waals surface area contributed by atoms with Crippen molar-refractivity contribution in [2.75, 3.05) is 18.4 Å². The maximum Gasteiger partial charge on any atom is 0.322 e. The summed E-state index contributed by atoms with van der Waals surface area (Å²) in [6.07, 6.45) is 4.97. The average molecular weight is 264 g/mol. The zero-order valence-electron chi connectivity index (χ0n) is 11.2. The molecule has 1 saturated carbocycles. The smallest absolute Gasteiger partial charge is 0.322 e. The SMILES string of the molecule is CCCC1(C(=O)Nc2nnc(C3CC3)o2)CCNC1. The Hall–Kier alpha value is -1.43. The molecule has 2 fully saturated rings. The van der Waals surface area contributed by atoms with Crippen LogP contribution >= 0.6 is 0 Å². The Morgan fingerprint density at radius 2 is 2.37 bits per heavy atom. The predicted octanol–water partition coefficient (Wildman–Crippen LogP) is 1.67. The van der Waals surface area contributed by atoms with E-state index in [0.29, 0.717) is 11.8 Å². The van der Waals surface area contributed by atoms with Gasteiger partial charge in [-0.05, 0) is 32.2 Å². The number of anilines is 1. The number of aromatic nitrogens is 2. The van der Waals surface area contributed by atoms with Crippen LogP contribution < -0.4 is 10.6 Å². The second-order valence-electron chi connectivity index (χ2n) is 5.63. The third-order valence-corrected chi connectivity index (χ3v) is 4.04. The molecule has 2 N–H and O–H groups in total. The molecule has 19 heavy (non-hydrogen) atoms. The molecule has 1 aliphatic heterocycles. The van der Waals surface area contributed by atoms with Crippen LogP contribution in [-0.2, 0) is 4.79 Å². The Morgan fingerprint density at radius 3 is 3.00 bits per heavy atom. The van der Waals surface area contributed by atoms with Crippen molar-refractivity contribution < 1.29 is 9.21 Å². The first-order chi connectivity index (χ1) is 9.23. The molecule has 0 radical (unpaired) electrons. The normalized spacial score (nSPS) is 26.6. The molecule has 104 valence electrons. The van der Waals surface area contributed by atoms with Crippen LogP contribution in [0, 0.1) is 5.41 Å². The lowest BCUT2D eigenvalue weighted by molar-refractivity contribution is -0.125. The zero-order valence-corrected chi connectivity index (χ0v) is 11.2. The molecular weight excluding hydrogens is 244 g/mol. The van der Waals surface area contributed by atoms with Crippen molar-refractivity contribution in [2.45, 2.75) is 44.9 Å². The summed E-state index contributed by atoms with van der Waals surface area (Å²) in [5.41, 5.74) is -0.317. The summed E-state index contributed by atoms with van der Waals surface area (Å²) < 4.78 is 5.49. The Kier molecular flexibility index (Phi) is 3.26. The minimum Gasteiger partial charge on any atom is -0.408 e. The van der Waals surface area contributed by atoms with Gasteiger partial charge in [-0.25, -0.2) is 0 Å². The van der Waals surface area contributed by atoms with Crippen LogP contribution in [0.3, 0.4) is 0 Å². The number of carbonyl (C=O) groups is 1. The van der Waals surface area contributed by atoms with E-state index < -0.39 is 0 Å². The van der Waals surface area contributed by atoms with Crippen LogP contribution in [0.2, 0.25) is 0 Å². The first-order valence-electron chi connectivity index (χ1n) is 7.09. The largest absolute Gasteiger partial charge is 0.408 e. The van der Waals surface area contributed by atoms with Gasteiger partial charge in [0, 0.05) is 12.5 Å². The van der Waals surface area contributed by atoms with E-state index in [9.17, 15) is 4.79 Å². The summed E-state index contributed by atoms with van der Waals surface area (Å²) in [6, 6.07) is 0.245. The van der Waals surface area contributed by atoms with Gasteiger partial charge in [0.05, 0.1) is 5.41 Å². The van der Waals surface area contributed by atoms with Gasteiger partial charge in [-0.2, -0.15) is 0 Å². The van der Waals surface area contributed by atoms with Crippen LogP contribution in [0.25, 0.3) is 0 Å². The molecule has 6 heteroatoms. The van der Waals surface area contributed by atoms with Gasteiger partial charge in [0.25, 0.3) is 0 Å². The lowest BCUT2D eigenvalue weighted by Crippen LogP contribution is -2.38. The number of nitrogens with zero attached hydrogens (tertiary/aromatic N) is 2. The molecule has 0 spiro atoms. The molecule has 1 aromatic heterocycles. The molecule has 1 amide bonds. The first kappa shape index (κ1) is 12.6. The maximum absolute atomic E-state index is 12.4. The Morgan fingerprint density at radius 1 is 1.53 bits per heavy atom. The molecule has 0 aromatic carbocycles. The van der Waals surface area contributed by atoms with Gasteiger partial charge in [0.2, 0.25) is 11.8 Å². The van der Waals surface area contributed by atoms with E-state index in [1.165, 1.54) is 0 Å². The van der Waals surface area contributed by atoms with Crippen LogP contribution in [-0.4, -0.2) is 29.2 Å². The maximum atomic E-state index is 12.4. The van der Waals surface area contributed by atoms with E-state index in [4.69, 9.17) is 4.42 Å². The molecule has 1 aliphatic carbocycles. The van der Waals surface area contributed by atoms with Gasteiger partial charge < -0.3 is 9.73 Å². The van der Waals surface area contributed by atoms with Crippen LogP contribution in [0.15, 0.2) is 4.42 Å².